The first-order valence-corrected chi connectivity index (χ1v) is 5.05. The number of aromatic hydroxyl groups is 1. The minimum Gasteiger partial charge on any atom is -0.508 e. The fourth-order valence-corrected chi connectivity index (χ4v) is 1.52. The van der Waals surface area contributed by atoms with Crippen LogP contribution in [0, 0.1) is 6.92 Å². The Labute approximate surface area is 98.3 Å². The summed E-state index contributed by atoms with van der Waals surface area (Å²) in [6.07, 6.45) is 1.76. The summed E-state index contributed by atoms with van der Waals surface area (Å²) in [7, 11) is 1.30. The zero-order chi connectivity index (χ0) is 12.4. The Hall–Kier alpha value is -2.30. The van der Waals surface area contributed by atoms with Crippen LogP contribution in [-0.2, 0) is 4.74 Å². The lowest BCUT2D eigenvalue weighted by Gasteiger charge is -2.05. The molecule has 0 unspecified atom stereocenters. The number of carbonyl (C=O) groups excluding carboxylic acids is 1. The number of benzene rings is 1. The summed E-state index contributed by atoms with van der Waals surface area (Å²) >= 11 is 0. The van der Waals surface area contributed by atoms with Gasteiger partial charge in [-0.25, -0.2) is 9.48 Å². The summed E-state index contributed by atoms with van der Waals surface area (Å²) in [5, 5.41) is 13.8. The Kier molecular flexibility index (Phi) is 2.82. The predicted octanol–water partition coefficient (Wildman–Crippen LogP) is 1.67. The largest absolute Gasteiger partial charge is 0.508 e. The van der Waals surface area contributed by atoms with Gasteiger partial charge in [-0.05, 0) is 25.1 Å². The van der Waals surface area contributed by atoms with E-state index in [1.807, 2.05) is 13.0 Å². The molecule has 0 bridgehead atoms. The highest BCUT2D eigenvalue weighted by atomic mass is 16.5. The van der Waals surface area contributed by atoms with Gasteiger partial charge in [-0.15, -0.1) is 0 Å². The molecule has 88 valence electrons. The number of ether oxygens (including phenoxy) is 1. The molecule has 17 heavy (non-hydrogen) atoms. The summed E-state index contributed by atoms with van der Waals surface area (Å²) in [5.41, 5.74) is 1.75. The van der Waals surface area contributed by atoms with E-state index < -0.39 is 5.97 Å². The number of aromatic nitrogens is 2. The second-order valence-corrected chi connectivity index (χ2v) is 3.63. The molecule has 0 radical (unpaired) electrons. The zero-order valence-electron chi connectivity index (χ0n) is 9.54. The first kappa shape index (κ1) is 11.2. The molecule has 1 aromatic carbocycles. The van der Waals surface area contributed by atoms with Crippen molar-refractivity contribution in [1.82, 2.24) is 9.78 Å². The van der Waals surface area contributed by atoms with Crippen LogP contribution < -0.4 is 0 Å². The van der Waals surface area contributed by atoms with Gasteiger partial charge in [0.1, 0.15) is 5.75 Å². The van der Waals surface area contributed by atoms with Crippen LogP contribution in [0.25, 0.3) is 5.69 Å². The van der Waals surface area contributed by atoms with Gasteiger partial charge in [0.25, 0.3) is 0 Å². The van der Waals surface area contributed by atoms with Crippen molar-refractivity contribution in [2.24, 2.45) is 0 Å². The SMILES string of the molecule is COC(=O)c1cc(O)cc(-n2ccc(C)n2)c1. The van der Waals surface area contributed by atoms with Crippen LogP contribution in [0.4, 0.5) is 0 Å². The number of hydrogen-bond donors (Lipinski definition) is 1. The molecule has 0 amide bonds. The van der Waals surface area contributed by atoms with Gasteiger partial charge in [0.05, 0.1) is 24.1 Å². The van der Waals surface area contributed by atoms with Crippen molar-refractivity contribution in [3.63, 3.8) is 0 Å². The van der Waals surface area contributed by atoms with Crippen LogP contribution in [0.1, 0.15) is 16.1 Å². The van der Waals surface area contributed by atoms with Crippen molar-refractivity contribution in [3.8, 4) is 11.4 Å². The van der Waals surface area contributed by atoms with E-state index in [1.54, 1.807) is 16.9 Å². The van der Waals surface area contributed by atoms with E-state index in [9.17, 15) is 9.90 Å². The van der Waals surface area contributed by atoms with Crippen molar-refractivity contribution >= 4 is 5.97 Å². The summed E-state index contributed by atoms with van der Waals surface area (Å²) in [6, 6.07) is 6.32. The maximum atomic E-state index is 11.4. The molecule has 5 nitrogen and oxygen atoms in total. The topological polar surface area (TPSA) is 64.3 Å². The number of hydrogen-bond acceptors (Lipinski definition) is 4. The Balaban J connectivity index is 2.48. The van der Waals surface area contributed by atoms with Gasteiger partial charge in [0, 0.05) is 12.3 Å². The van der Waals surface area contributed by atoms with E-state index in [0.29, 0.717) is 5.69 Å². The highest BCUT2D eigenvalue weighted by Crippen LogP contribution is 2.19. The number of nitrogens with zero attached hydrogens (tertiary/aromatic N) is 2. The highest BCUT2D eigenvalue weighted by molar-refractivity contribution is 5.90. The molecule has 0 aliphatic heterocycles. The Morgan fingerprint density at radius 1 is 1.41 bits per heavy atom. The molecule has 1 aromatic heterocycles. The molecule has 1 N–H and O–H groups in total. The maximum Gasteiger partial charge on any atom is 0.338 e. The monoisotopic (exact) mass is 232 g/mol. The van der Waals surface area contributed by atoms with E-state index >= 15 is 0 Å². The zero-order valence-corrected chi connectivity index (χ0v) is 9.54. The van der Waals surface area contributed by atoms with E-state index in [0.717, 1.165) is 5.69 Å². The number of methoxy groups -OCH3 is 1. The van der Waals surface area contributed by atoms with Crippen LogP contribution in [-0.4, -0.2) is 28.0 Å². The van der Waals surface area contributed by atoms with Crippen molar-refractivity contribution in [1.29, 1.82) is 0 Å². The fraction of sp³-hybridized carbons (Fsp3) is 0.167. The molecular weight excluding hydrogens is 220 g/mol. The third-order valence-corrected chi connectivity index (χ3v) is 2.31. The van der Waals surface area contributed by atoms with Crippen LogP contribution >= 0.6 is 0 Å². The number of carbonyl (C=O) groups is 1. The summed E-state index contributed by atoms with van der Waals surface area (Å²) in [6.45, 7) is 1.86. The fourth-order valence-electron chi connectivity index (χ4n) is 1.52. The van der Waals surface area contributed by atoms with Crippen LogP contribution in [0.3, 0.4) is 0 Å². The van der Waals surface area contributed by atoms with Gasteiger partial charge in [-0.1, -0.05) is 0 Å². The smallest absolute Gasteiger partial charge is 0.338 e. The molecule has 1 heterocycles. The first-order valence-electron chi connectivity index (χ1n) is 5.05. The lowest BCUT2D eigenvalue weighted by atomic mass is 10.2. The maximum absolute atomic E-state index is 11.4. The summed E-state index contributed by atoms with van der Waals surface area (Å²) in [5.74, 6) is -0.498. The van der Waals surface area contributed by atoms with Crippen molar-refractivity contribution < 1.29 is 14.6 Å². The average molecular weight is 232 g/mol. The van der Waals surface area contributed by atoms with Gasteiger partial charge >= 0.3 is 5.97 Å². The predicted molar refractivity (Wildman–Crippen MR) is 61.3 cm³/mol. The van der Waals surface area contributed by atoms with Gasteiger partial charge < -0.3 is 9.84 Å². The molecule has 0 atom stereocenters. The third kappa shape index (κ3) is 2.28. The Morgan fingerprint density at radius 2 is 2.18 bits per heavy atom. The molecule has 2 rings (SSSR count). The van der Waals surface area contributed by atoms with E-state index in [2.05, 4.69) is 9.84 Å². The van der Waals surface area contributed by atoms with Crippen molar-refractivity contribution in [3.05, 3.63) is 41.7 Å². The Bertz CT molecular complexity index is 561. The van der Waals surface area contributed by atoms with Crippen molar-refractivity contribution in [2.45, 2.75) is 6.92 Å². The number of rotatable bonds is 2. The number of esters is 1. The molecule has 0 spiro atoms. The highest BCUT2D eigenvalue weighted by Gasteiger charge is 2.09. The van der Waals surface area contributed by atoms with Crippen LogP contribution in [0.5, 0.6) is 5.75 Å². The molecule has 0 saturated carbocycles. The minimum atomic E-state index is -0.494. The first-order chi connectivity index (χ1) is 8.10. The van der Waals surface area contributed by atoms with Crippen LogP contribution in [0.15, 0.2) is 30.5 Å². The molecule has 5 heteroatoms. The second-order valence-electron chi connectivity index (χ2n) is 3.63. The standard InChI is InChI=1S/C12H12N2O3/c1-8-3-4-14(13-8)10-5-9(12(16)17-2)6-11(15)7-10/h3-7,15H,1-2H3. The van der Waals surface area contributed by atoms with Gasteiger partial charge in [-0.3, -0.25) is 0 Å². The van der Waals surface area contributed by atoms with Crippen LogP contribution in [0.2, 0.25) is 0 Å². The molecule has 0 aliphatic rings. The number of phenols is 1. The normalized spacial score (nSPS) is 10.2. The van der Waals surface area contributed by atoms with E-state index in [4.69, 9.17) is 0 Å². The molecule has 0 saturated heterocycles. The lowest BCUT2D eigenvalue weighted by Crippen LogP contribution is -2.03. The third-order valence-electron chi connectivity index (χ3n) is 2.31. The van der Waals surface area contributed by atoms with E-state index in [1.165, 1.54) is 19.2 Å². The van der Waals surface area contributed by atoms with Crippen molar-refractivity contribution in [2.75, 3.05) is 7.11 Å². The number of phenolic OH excluding ortho intramolecular Hbond substituents is 1. The van der Waals surface area contributed by atoms with Gasteiger partial charge in [0.2, 0.25) is 0 Å². The molecular formula is C12H12N2O3. The van der Waals surface area contributed by atoms with E-state index in [-0.39, 0.29) is 11.3 Å². The minimum absolute atomic E-state index is 0.00365. The lowest BCUT2D eigenvalue weighted by molar-refractivity contribution is 0.0600. The van der Waals surface area contributed by atoms with Gasteiger partial charge in [0.15, 0.2) is 0 Å². The molecule has 2 aromatic rings. The summed E-state index contributed by atoms with van der Waals surface area (Å²) < 4.78 is 6.19. The van der Waals surface area contributed by atoms with Gasteiger partial charge in [-0.2, -0.15) is 5.10 Å². The second kappa shape index (κ2) is 4.29. The number of aryl methyl sites for hydroxylation is 1. The Morgan fingerprint density at radius 3 is 2.76 bits per heavy atom. The molecule has 0 fully saturated rings. The molecule has 0 aliphatic carbocycles. The quantitative estimate of drug-likeness (QED) is 0.800. The summed E-state index contributed by atoms with van der Waals surface area (Å²) in [4.78, 5) is 11.4. The average Bonchev–Trinajstić information content (AvgIpc) is 2.74.